The summed E-state index contributed by atoms with van der Waals surface area (Å²) in [6.07, 6.45) is 4.14. The van der Waals surface area contributed by atoms with E-state index >= 15 is 0 Å². The van der Waals surface area contributed by atoms with Crippen LogP contribution in [0.4, 0.5) is 0 Å². The van der Waals surface area contributed by atoms with Gasteiger partial charge in [0.25, 0.3) is 0 Å². The molecular weight excluding hydrogens is 188 g/mol. The fourth-order valence-corrected chi connectivity index (χ4v) is 1.50. The molecule has 15 heavy (non-hydrogen) atoms. The molecule has 0 aliphatic heterocycles. The first-order valence-electron chi connectivity index (χ1n) is 5.12. The summed E-state index contributed by atoms with van der Waals surface area (Å²) in [6, 6.07) is 10.2. The highest BCUT2D eigenvalue weighted by Crippen LogP contribution is 2.09. The summed E-state index contributed by atoms with van der Waals surface area (Å²) >= 11 is 0. The lowest BCUT2D eigenvalue weighted by Gasteiger charge is -2.01. The van der Waals surface area contributed by atoms with Crippen LogP contribution in [0.25, 0.3) is 0 Å². The molecule has 0 spiro atoms. The molecule has 2 heteroatoms. The van der Waals surface area contributed by atoms with Crippen molar-refractivity contribution in [3.63, 3.8) is 0 Å². The summed E-state index contributed by atoms with van der Waals surface area (Å²) in [7, 11) is 0. The molecule has 0 amide bonds. The first kappa shape index (κ1) is 11.5. The van der Waals surface area contributed by atoms with Gasteiger partial charge in [-0.2, -0.15) is 0 Å². The smallest absolute Gasteiger partial charge is 0.328 e. The minimum atomic E-state index is -0.854. The zero-order valence-corrected chi connectivity index (χ0v) is 8.94. The van der Waals surface area contributed by atoms with Crippen LogP contribution in [0.3, 0.4) is 0 Å². The second-order valence-electron chi connectivity index (χ2n) is 3.67. The van der Waals surface area contributed by atoms with Crippen LogP contribution in [0, 0.1) is 0 Å². The number of rotatable bonds is 5. The number of aliphatic carboxylic acids is 1. The summed E-state index contributed by atoms with van der Waals surface area (Å²) < 4.78 is 0. The van der Waals surface area contributed by atoms with Crippen molar-refractivity contribution in [2.45, 2.75) is 26.2 Å². The maximum absolute atomic E-state index is 10.4. The molecule has 0 bridgehead atoms. The first-order chi connectivity index (χ1) is 7.18. The van der Waals surface area contributed by atoms with Gasteiger partial charge in [0.05, 0.1) is 0 Å². The van der Waals surface area contributed by atoms with Gasteiger partial charge in [-0.05, 0) is 31.7 Å². The van der Waals surface area contributed by atoms with Crippen LogP contribution < -0.4 is 0 Å². The molecule has 2 nitrogen and oxygen atoms in total. The summed E-state index contributed by atoms with van der Waals surface area (Å²) in [5.41, 5.74) is 2.24. The van der Waals surface area contributed by atoms with Gasteiger partial charge in [0.15, 0.2) is 0 Å². The molecule has 1 aromatic rings. The van der Waals surface area contributed by atoms with Crippen LogP contribution in [0.15, 0.2) is 42.0 Å². The lowest BCUT2D eigenvalue weighted by molar-refractivity contribution is -0.131. The van der Waals surface area contributed by atoms with Crippen LogP contribution in [0.1, 0.15) is 25.3 Å². The Morgan fingerprint density at radius 3 is 2.60 bits per heavy atom. The lowest BCUT2D eigenvalue weighted by atomic mass is 10.1. The van der Waals surface area contributed by atoms with Gasteiger partial charge in [-0.3, -0.25) is 0 Å². The quantitative estimate of drug-likeness (QED) is 0.748. The van der Waals surface area contributed by atoms with Gasteiger partial charge >= 0.3 is 5.97 Å². The summed E-state index contributed by atoms with van der Waals surface area (Å²) in [5.74, 6) is -0.854. The maximum Gasteiger partial charge on any atom is 0.328 e. The highest BCUT2D eigenvalue weighted by atomic mass is 16.4. The Bertz CT molecular complexity index is 339. The average molecular weight is 204 g/mol. The normalized spacial score (nSPS) is 11.4. The zero-order chi connectivity index (χ0) is 11.1. The number of hydrogen-bond donors (Lipinski definition) is 1. The number of allylic oxidation sites excluding steroid dienone is 1. The van der Waals surface area contributed by atoms with Gasteiger partial charge < -0.3 is 5.11 Å². The number of carbonyl (C=O) groups is 1. The van der Waals surface area contributed by atoms with Gasteiger partial charge in [0, 0.05) is 6.08 Å². The first-order valence-corrected chi connectivity index (χ1v) is 5.12. The molecule has 0 aliphatic rings. The number of benzene rings is 1. The van der Waals surface area contributed by atoms with E-state index in [9.17, 15) is 4.79 Å². The predicted molar refractivity (Wildman–Crippen MR) is 60.8 cm³/mol. The molecule has 1 aromatic carbocycles. The van der Waals surface area contributed by atoms with E-state index in [4.69, 9.17) is 5.11 Å². The van der Waals surface area contributed by atoms with E-state index in [1.165, 1.54) is 11.6 Å². The van der Waals surface area contributed by atoms with Crippen LogP contribution in [-0.2, 0) is 11.2 Å². The highest BCUT2D eigenvalue weighted by molar-refractivity contribution is 5.80. The van der Waals surface area contributed by atoms with Gasteiger partial charge in [-0.1, -0.05) is 35.9 Å². The Balaban J connectivity index is 2.31. The molecule has 0 radical (unpaired) electrons. The van der Waals surface area contributed by atoms with E-state index in [-0.39, 0.29) is 0 Å². The number of carboxylic acid groups (broad SMARTS) is 1. The van der Waals surface area contributed by atoms with E-state index in [0.717, 1.165) is 24.8 Å². The molecule has 0 aromatic heterocycles. The SMILES string of the molecule is C/C(=C\C(=O)O)CCCc1ccccc1. The third-order valence-electron chi connectivity index (χ3n) is 2.25. The van der Waals surface area contributed by atoms with Gasteiger partial charge in [0.1, 0.15) is 0 Å². The summed E-state index contributed by atoms with van der Waals surface area (Å²) in [6.45, 7) is 1.86. The molecule has 0 unspecified atom stereocenters. The van der Waals surface area contributed by atoms with Crippen LogP contribution in [0.2, 0.25) is 0 Å². The Hall–Kier alpha value is -1.57. The van der Waals surface area contributed by atoms with E-state index in [1.54, 1.807) is 0 Å². The topological polar surface area (TPSA) is 37.3 Å². The molecule has 0 saturated heterocycles. The van der Waals surface area contributed by atoms with Crippen LogP contribution in [-0.4, -0.2) is 11.1 Å². The summed E-state index contributed by atoms with van der Waals surface area (Å²) in [5, 5.41) is 8.52. The van der Waals surface area contributed by atoms with E-state index in [2.05, 4.69) is 12.1 Å². The predicted octanol–water partition coefficient (Wildman–Crippen LogP) is 3.04. The Labute approximate surface area is 90.3 Å². The van der Waals surface area contributed by atoms with Gasteiger partial charge in [0.2, 0.25) is 0 Å². The molecule has 0 fully saturated rings. The molecule has 0 heterocycles. The fraction of sp³-hybridized carbons (Fsp3) is 0.308. The largest absolute Gasteiger partial charge is 0.478 e. The minimum Gasteiger partial charge on any atom is -0.478 e. The van der Waals surface area contributed by atoms with E-state index < -0.39 is 5.97 Å². The van der Waals surface area contributed by atoms with Crippen molar-refractivity contribution in [1.82, 2.24) is 0 Å². The highest BCUT2D eigenvalue weighted by Gasteiger charge is 1.96. The monoisotopic (exact) mass is 204 g/mol. The second kappa shape index (κ2) is 6.02. The molecule has 0 atom stereocenters. The van der Waals surface area contributed by atoms with Crippen molar-refractivity contribution in [3.05, 3.63) is 47.5 Å². The number of carboxylic acids is 1. The fourth-order valence-electron chi connectivity index (χ4n) is 1.50. The van der Waals surface area contributed by atoms with Crippen molar-refractivity contribution < 1.29 is 9.90 Å². The zero-order valence-electron chi connectivity index (χ0n) is 8.94. The second-order valence-corrected chi connectivity index (χ2v) is 3.67. The Morgan fingerprint density at radius 1 is 1.33 bits per heavy atom. The van der Waals surface area contributed by atoms with Crippen molar-refractivity contribution >= 4 is 5.97 Å². The molecular formula is C13H16O2. The van der Waals surface area contributed by atoms with Crippen LogP contribution >= 0.6 is 0 Å². The average Bonchev–Trinajstić information content (AvgIpc) is 2.18. The molecule has 1 rings (SSSR count). The third-order valence-corrected chi connectivity index (χ3v) is 2.25. The lowest BCUT2D eigenvalue weighted by Crippen LogP contribution is -1.91. The van der Waals surface area contributed by atoms with Gasteiger partial charge in [-0.15, -0.1) is 0 Å². The van der Waals surface area contributed by atoms with E-state index in [1.807, 2.05) is 25.1 Å². The van der Waals surface area contributed by atoms with Crippen LogP contribution in [0.5, 0.6) is 0 Å². The minimum absolute atomic E-state index is 0.848. The van der Waals surface area contributed by atoms with Crippen molar-refractivity contribution in [2.75, 3.05) is 0 Å². The molecule has 0 aliphatic carbocycles. The number of aryl methyl sites for hydroxylation is 1. The molecule has 1 N–H and O–H groups in total. The number of hydrogen-bond acceptors (Lipinski definition) is 1. The van der Waals surface area contributed by atoms with Crippen molar-refractivity contribution in [1.29, 1.82) is 0 Å². The van der Waals surface area contributed by atoms with Crippen molar-refractivity contribution in [3.8, 4) is 0 Å². The molecule has 80 valence electrons. The Kier molecular flexibility index (Phi) is 4.61. The van der Waals surface area contributed by atoms with Crippen molar-refractivity contribution in [2.24, 2.45) is 0 Å². The maximum atomic E-state index is 10.4. The van der Waals surface area contributed by atoms with E-state index in [0.29, 0.717) is 0 Å². The standard InChI is InChI=1S/C13H16O2/c1-11(10-13(14)15)6-5-9-12-7-3-2-4-8-12/h2-4,7-8,10H,5-6,9H2,1H3,(H,14,15)/b11-10+. The van der Waals surface area contributed by atoms with Gasteiger partial charge in [-0.25, -0.2) is 4.79 Å². The molecule has 0 saturated carbocycles. The Morgan fingerprint density at radius 2 is 2.00 bits per heavy atom. The summed E-state index contributed by atoms with van der Waals surface area (Å²) in [4.78, 5) is 10.4. The third kappa shape index (κ3) is 5.01.